The van der Waals surface area contributed by atoms with Gasteiger partial charge in [-0.1, -0.05) is 0 Å². The average molecular weight is 250 g/mol. The van der Waals surface area contributed by atoms with E-state index in [1.165, 1.54) is 24.3 Å². The van der Waals surface area contributed by atoms with Gasteiger partial charge < -0.3 is 5.32 Å². The van der Waals surface area contributed by atoms with E-state index in [1.54, 1.807) is 0 Å². The summed E-state index contributed by atoms with van der Waals surface area (Å²) in [6.45, 7) is 3.91. The molecule has 1 aliphatic rings. The molecule has 2 nitrogen and oxygen atoms in total. The predicted octanol–water partition coefficient (Wildman–Crippen LogP) is 2.65. The van der Waals surface area contributed by atoms with E-state index in [0.717, 1.165) is 0 Å². The average Bonchev–Trinajstić information content (AvgIpc) is 2.18. The molecule has 1 saturated heterocycles. The van der Waals surface area contributed by atoms with E-state index in [9.17, 15) is 4.79 Å². The van der Waals surface area contributed by atoms with Crippen LogP contribution in [0.2, 0.25) is 0 Å². The van der Waals surface area contributed by atoms with Gasteiger partial charge in [-0.2, -0.15) is 11.8 Å². The zero-order valence-electron chi connectivity index (χ0n) is 9.51. The third kappa shape index (κ3) is 5.12. The molecule has 0 aromatic carbocycles. The highest BCUT2D eigenvalue weighted by Gasteiger charge is 2.22. The van der Waals surface area contributed by atoms with E-state index in [2.05, 4.69) is 5.32 Å². The molecule has 1 fully saturated rings. The molecule has 0 radical (unpaired) electrons. The van der Waals surface area contributed by atoms with Crippen LogP contribution in [0.5, 0.6) is 0 Å². The molecule has 0 saturated carbocycles. The normalized spacial score (nSPS) is 18.9. The predicted molar refractivity (Wildman–Crippen MR) is 67.6 cm³/mol. The van der Waals surface area contributed by atoms with E-state index >= 15 is 0 Å². The number of carbonyl (C=O) groups is 1. The Labute approximate surface area is 102 Å². The Kier molecular flexibility index (Phi) is 5.27. The summed E-state index contributed by atoms with van der Waals surface area (Å²) in [5, 5.41) is 2.98. The molecule has 0 aromatic rings. The molecule has 0 aromatic heterocycles. The highest BCUT2D eigenvalue weighted by atomic mass is 35.5. The summed E-state index contributed by atoms with van der Waals surface area (Å²) < 4.78 is 0. The van der Waals surface area contributed by atoms with E-state index in [4.69, 9.17) is 11.6 Å². The number of thioether (sulfide) groups is 1. The van der Waals surface area contributed by atoms with Gasteiger partial charge in [0.2, 0.25) is 5.91 Å². The Balaban J connectivity index is 2.28. The van der Waals surface area contributed by atoms with Crippen molar-refractivity contribution < 1.29 is 4.79 Å². The number of alkyl halides is 1. The Hall–Kier alpha value is 0.110. The fraction of sp³-hybridized carbons (Fsp3) is 0.909. The summed E-state index contributed by atoms with van der Waals surface area (Å²) in [6, 6.07) is 0. The minimum absolute atomic E-state index is 0.151. The lowest BCUT2D eigenvalue weighted by Crippen LogP contribution is -2.45. The third-order valence-corrected chi connectivity index (χ3v) is 4.34. The van der Waals surface area contributed by atoms with Crippen molar-refractivity contribution in [1.82, 2.24) is 5.32 Å². The van der Waals surface area contributed by atoms with Crippen LogP contribution < -0.4 is 5.32 Å². The summed E-state index contributed by atoms with van der Waals surface area (Å²) in [7, 11) is 0. The molecule has 4 heteroatoms. The van der Waals surface area contributed by atoms with Crippen LogP contribution in [-0.2, 0) is 4.79 Å². The van der Waals surface area contributed by atoms with Crippen LogP contribution in [0.4, 0.5) is 0 Å². The van der Waals surface area contributed by atoms with Gasteiger partial charge in [-0.05, 0) is 44.1 Å². The number of nitrogens with one attached hydrogen (secondary N) is 1. The van der Waals surface area contributed by atoms with Crippen LogP contribution in [0.1, 0.15) is 33.1 Å². The van der Waals surface area contributed by atoms with Gasteiger partial charge in [-0.15, -0.1) is 11.6 Å². The number of carbonyl (C=O) groups excluding carboxylic acids is 1. The second-order valence-corrected chi connectivity index (χ2v) is 6.32. The van der Waals surface area contributed by atoms with Gasteiger partial charge in [0.05, 0.1) is 0 Å². The van der Waals surface area contributed by atoms with Gasteiger partial charge >= 0.3 is 0 Å². The summed E-state index contributed by atoms with van der Waals surface area (Å²) in [5.41, 5.74) is -0.276. The summed E-state index contributed by atoms with van der Waals surface area (Å²) in [5.74, 6) is 3.60. The minimum Gasteiger partial charge on any atom is -0.350 e. The van der Waals surface area contributed by atoms with E-state index in [0.29, 0.717) is 18.2 Å². The van der Waals surface area contributed by atoms with E-state index in [1.807, 2.05) is 25.6 Å². The van der Waals surface area contributed by atoms with Crippen molar-refractivity contribution in [2.75, 3.05) is 17.4 Å². The van der Waals surface area contributed by atoms with E-state index < -0.39 is 0 Å². The Morgan fingerprint density at radius 2 is 2.07 bits per heavy atom. The molecule has 1 rings (SSSR count). The molecule has 1 heterocycles. The van der Waals surface area contributed by atoms with E-state index in [-0.39, 0.29) is 11.4 Å². The van der Waals surface area contributed by atoms with Crippen molar-refractivity contribution in [1.29, 1.82) is 0 Å². The molecule has 0 spiro atoms. The first-order chi connectivity index (χ1) is 7.03. The monoisotopic (exact) mass is 249 g/mol. The van der Waals surface area contributed by atoms with Crippen molar-refractivity contribution in [3.05, 3.63) is 0 Å². The van der Waals surface area contributed by atoms with Crippen LogP contribution in [-0.4, -0.2) is 28.8 Å². The molecule has 1 aliphatic heterocycles. The summed E-state index contributed by atoms with van der Waals surface area (Å²) >= 11 is 7.75. The van der Waals surface area contributed by atoms with Gasteiger partial charge in [-0.25, -0.2) is 0 Å². The minimum atomic E-state index is -0.276. The van der Waals surface area contributed by atoms with Gasteiger partial charge in [0.15, 0.2) is 0 Å². The van der Waals surface area contributed by atoms with Crippen molar-refractivity contribution in [2.24, 2.45) is 5.92 Å². The molecule has 0 unspecified atom stereocenters. The SMILES string of the molecule is CC(C)(CCl)NC(=O)CC1CCSCC1. The summed E-state index contributed by atoms with van der Waals surface area (Å²) in [6.07, 6.45) is 3.03. The number of halogens is 1. The van der Waals surface area contributed by atoms with Gasteiger partial charge in [0.1, 0.15) is 0 Å². The second kappa shape index (κ2) is 6.00. The Morgan fingerprint density at radius 3 is 2.60 bits per heavy atom. The molecular formula is C11H20ClNOS. The Bertz CT molecular complexity index is 215. The largest absolute Gasteiger partial charge is 0.350 e. The van der Waals surface area contributed by atoms with Gasteiger partial charge in [0.25, 0.3) is 0 Å². The molecule has 0 atom stereocenters. The highest BCUT2D eigenvalue weighted by Crippen LogP contribution is 2.25. The molecule has 88 valence electrons. The quantitative estimate of drug-likeness (QED) is 0.777. The van der Waals surface area contributed by atoms with Crippen LogP contribution in [0.3, 0.4) is 0 Å². The van der Waals surface area contributed by atoms with Gasteiger partial charge in [-0.3, -0.25) is 4.79 Å². The summed E-state index contributed by atoms with van der Waals surface area (Å²) in [4.78, 5) is 11.7. The molecule has 0 aliphatic carbocycles. The highest BCUT2D eigenvalue weighted by molar-refractivity contribution is 7.99. The molecule has 1 amide bonds. The van der Waals surface area contributed by atoms with Crippen LogP contribution >= 0.6 is 23.4 Å². The zero-order valence-corrected chi connectivity index (χ0v) is 11.1. The van der Waals surface area contributed by atoms with Crippen LogP contribution in [0, 0.1) is 5.92 Å². The number of hydrogen-bond acceptors (Lipinski definition) is 2. The smallest absolute Gasteiger partial charge is 0.220 e. The lowest BCUT2D eigenvalue weighted by molar-refractivity contribution is -0.123. The van der Waals surface area contributed by atoms with Crippen LogP contribution in [0.25, 0.3) is 0 Å². The topological polar surface area (TPSA) is 29.1 Å². The number of amides is 1. The fourth-order valence-electron chi connectivity index (χ4n) is 1.67. The second-order valence-electron chi connectivity index (χ2n) is 4.83. The molecule has 15 heavy (non-hydrogen) atoms. The van der Waals surface area contributed by atoms with Crippen LogP contribution in [0.15, 0.2) is 0 Å². The Morgan fingerprint density at radius 1 is 1.47 bits per heavy atom. The molecule has 0 bridgehead atoms. The van der Waals surface area contributed by atoms with Crippen molar-refractivity contribution in [2.45, 2.75) is 38.6 Å². The van der Waals surface area contributed by atoms with Crippen molar-refractivity contribution >= 4 is 29.3 Å². The number of rotatable bonds is 4. The standard InChI is InChI=1S/C11H20ClNOS/c1-11(2,8-12)13-10(14)7-9-3-5-15-6-4-9/h9H,3-8H2,1-2H3,(H,13,14). The number of hydrogen-bond donors (Lipinski definition) is 1. The first-order valence-electron chi connectivity index (χ1n) is 5.48. The maximum Gasteiger partial charge on any atom is 0.220 e. The third-order valence-electron chi connectivity index (χ3n) is 2.63. The fourth-order valence-corrected chi connectivity index (χ4v) is 2.95. The lowest BCUT2D eigenvalue weighted by atomic mass is 9.97. The van der Waals surface area contributed by atoms with Crippen molar-refractivity contribution in [3.8, 4) is 0 Å². The molecular weight excluding hydrogens is 230 g/mol. The maximum absolute atomic E-state index is 11.7. The maximum atomic E-state index is 11.7. The zero-order chi connectivity index (χ0) is 11.3. The first kappa shape index (κ1) is 13.2. The lowest BCUT2D eigenvalue weighted by Gasteiger charge is -2.26. The molecule has 1 N–H and O–H groups in total. The first-order valence-corrected chi connectivity index (χ1v) is 7.17. The van der Waals surface area contributed by atoms with Crippen molar-refractivity contribution in [3.63, 3.8) is 0 Å². The van der Waals surface area contributed by atoms with Gasteiger partial charge in [0, 0.05) is 17.8 Å².